The second-order valence-electron chi connectivity index (χ2n) is 3.36. The second kappa shape index (κ2) is 5.31. The highest BCUT2D eigenvalue weighted by Gasteiger charge is 2.13. The Morgan fingerprint density at radius 1 is 1.41 bits per heavy atom. The zero-order chi connectivity index (χ0) is 11.7. The van der Waals surface area contributed by atoms with Crippen molar-refractivity contribution in [2.75, 3.05) is 5.73 Å². The SMILES string of the molecule is C[C@H](N)c1nc(N)nn1-c1ccc(Cl)cn1.Cl. The van der Waals surface area contributed by atoms with Crippen molar-refractivity contribution in [3.05, 3.63) is 29.2 Å². The first-order valence-electron chi connectivity index (χ1n) is 4.68. The van der Waals surface area contributed by atoms with Gasteiger partial charge in [0.05, 0.1) is 11.1 Å². The molecule has 0 unspecified atom stereocenters. The number of nitrogens with two attached hydrogens (primary N) is 2. The summed E-state index contributed by atoms with van der Waals surface area (Å²) in [7, 11) is 0. The first-order valence-corrected chi connectivity index (χ1v) is 5.05. The minimum atomic E-state index is -0.276. The molecule has 0 aliphatic heterocycles. The smallest absolute Gasteiger partial charge is 0.240 e. The molecule has 1 atom stereocenters. The van der Waals surface area contributed by atoms with Crippen LogP contribution < -0.4 is 11.5 Å². The zero-order valence-electron chi connectivity index (χ0n) is 9.04. The number of halogens is 2. The van der Waals surface area contributed by atoms with E-state index in [-0.39, 0.29) is 24.4 Å². The summed E-state index contributed by atoms with van der Waals surface area (Å²) in [6.45, 7) is 1.80. The van der Waals surface area contributed by atoms with Crippen LogP contribution in [0.1, 0.15) is 18.8 Å². The number of nitrogens with zero attached hydrogens (tertiary/aromatic N) is 4. The molecular weight excluding hydrogens is 263 g/mol. The minimum Gasteiger partial charge on any atom is -0.366 e. The zero-order valence-corrected chi connectivity index (χ0v) is 10.6. The van der Waals surface area contributed by atoms with Gasteiger partial charge >= 0.3 is 0 Å². The summed E-state index contributed by atoms with van der Waals surface area (Å²) in [6.07, 6.45) is 1.53. The van der Waals surface area contributed by atoms with E-state index in [2.05, 4.69) is 15.1 Å². The number of aromatic nitrogens is 4. The van der Waals surface area contributed by atoms with Crippen LogP contribution >= 0.6 is 24.0 Å². The van der Waals surface area contributed by atoms with Gasteiger partial charge in [0.1, 0.15) is 0 Å². The molecule has 8 heteroatoms. The molecule has 17 heavy (non-hydrogen) atoms. The predicted octanol–water partition coefficient (Wildman–Crippen LogP) is 1.34. The lowest BCUT2D eigenvalue weighted by Crippen LogP contribution is -2.14. The van der Waals surface area contributed by atoms with Crippen LogP contribution in [0.2, 0.25) is 5.02 Å². The van der Waals surface area contributed by atoms with Crippen LogP contribution in [0.5, 0.6) is 0 Å². The maximum Gasteiger partial charge on any atom is 0.240 e. The normalized spacial score (nSPS) is 11.9. The van der Waals surface area contributed by atoms with Gasteiger partial charge in [-0.15, -0.1) is 17.5 Å². The Morgan fingerprint density at radius 2 is 2.12 bits per heavy atom. The van der Waals surface area contributed by atoms with Crippen LogP contribution in [-0.2, 0) is 0 Å². The Hall–Kier alpha value is -1.37. The minimum absolute atomic E-state index is 0. The van der Waals surface area contributed by atoms with Crippen molar-refractivity contribution in [1.29, 1.82) is 0 Å². The average molecular weight is 275 g/mol. The van der Waals surface area contributed by atoms with Crippen molar-refractivity contribution in [2.24, 2.45) is 5.73 Å². The summed E-state index contributed by atoms with van der Waals surface area (Å²) in [5.74, 6) is 1.32. The van der Waals surface area contributed by atoms with Crippen LogP contribution in [-0.4, -0.2) is 19.7 Å². The molecule has 92 valence electrons. The van der Waals surface area contributed by atoms with E-state index in [1.807, 2.05) is 0 Å². The maximum absolute atomic E-state index is 5.76. The monoisotopic (exact) mass is 274 g/mol. The third-order valence-corrected chi connectivity index (χ3v) is 2.21. The summed E-state index contributed by atoms with van der Waals surface area (Å²) in [4.78, 5) is 8.16. The lowest BCUT2D eigenvalue weighted by Gasteiger charge is -2.06. The summed E-state index contributed by atoms with van der Waals surface area (Å²) < 4.78 is 1.51. The molecule has 0 aliphatic carbocycles. The fourth-order valence-corrected chi connectivity index (χ4v) is 1.41. The van der Waals surface area contributed by atoms with Crippen molar-refractivity contribution in [2.45, 2.75) is 13.0 Å². The maximum atomic E-state index is 5.76. The standard InChI is InChI=1S/C9H11ClN6.ClH/c1-5(11)8-14-9(12)15-16(8)7-3-2-6(10)4-13-7;/h2-5H,11H2,1H3,(H2,12,15);1H/t5-;/m0./s1. The van der Waals surface area contributed by atoms with Gasteiger partial charge in [-0.2, -0.15) is 9.67 Å². The molecular formula is C9H12Cl2N6. The van der Waals surface area contributed by atoms with Gasteiger partial charge in [-0.1, -0.05) is 11.6 Å². The van der Waals surface area contributed by atoms with Gasteiger partial charge in [0.15, 0.2) is 11.6 Å². The molecule has 4 N–H and O–H groups in total. The van der Waals surface area contributed by atoms with Gasteiger partial charge in [0, 0.05) is 6.20 Å². The van der Waals surface area contributed by atoms with Gasteiger partial charge in [-0.3, -0.25) is 0 Å². The van der Waals surface area contributed by atoms with Crippen molar-refractivity contribution >= 4 is 30.0 Å². The molecule has 0 aliphatic rings. The second-order valence-corrected chi connectivity index (χ2v) is 3.80. The topological polar surface area (TPSA) is 95.6 Å². The third-order valence-electron chi connectivity index (χ3n) is 1.98. The van der Waals surface area contributed by atoms with Crippen molar-refractivity contribution < 1.29 is 0 Å². The molecule has 2 heterocycles. The summed E-state index contributed by atoms with van der Waals surface area (Å²) >= 11 is 5.75. The predicted molar refractivity (Wildman–Crippen MR) is 68.4 cm³/mol. The molecule has 6 nitrogen and oxygen atoms in total. The number of hydrogen-bond donors (Lipinski definition) is 2. The van der Waals surface area contributed by atoms with E-state index in [0.29, 0.717) is 16.7 Å². The third kappa shape index (κ3) is 2.85. The Labute approximate surface area is 109 Å². The highest BCUT2D eigenvalue weighted by Crippen LogP contribution is 2.15. The van der Waals surface area contributed by atoms with Crippen molar-refractivity contribution in [3.63, 3.8) is 0 Å². The summed E-state index contributed by atoms with van der Waals surface area (Å²) in [5.41, 5.74) is 11.3. The molecule has 0 amide bonds. The van der Waals surface area contributed by atoms with Crippen LogP contribution in [0.25, 0.3) is 5.82 Å². The fourth-order valence-electron chi connectivity index (χ4n) is 1.30. The molecule has 0 bridgehead atoms. The van der Waals surface area contributed by atoms with E-state index in [0.717, 1.165) is 0 Å². The molecule has 0 spiro atoms. The number of pyridine rings is 1. The number of rotatable bonds is 2. The van der Waals surface area contributed by atoms with Crippen molar-refractivity contribution in [3.8, 4) is 5.82 Å². The largest absolute Gasteiger partial charge is 0.366 e. The van der Waals surface area contributed by atoms with Gasteiger partial charge in [0.2, 0.25) is 5.95 Å². The molecule has 2 rings (SSSR count). The molecule has 0 aromatic carbocycles. The number of hydrogen-bond acceptors (Lipinski definition) is 5. The molecule has 2 aromatic heterocycles. The Kier molecular flexibility index (Phi) is 4.28. The number of nitrogen functional groups attached to an aromatic ring is 1. The Morgan fingerprint density at radius 3 is 2.65 bits per heavy atom. The van der Waals surface area contributed by atoms with Gasteiger partial charge in [-0.25, -0.2) is 4.98 Å². The molecule has 0 fully saturated rings. The van der Waals surface area contributed by atoms with E-state index >= 15 is 0 Å². The lowest BCUT2D eigenvalue weighted by atomic mass is 10.3. The van der Waals surface area contributed by atoms with Gasteiger partial charge < -0.3 is 11.5 Å². The Bertz CT molecular complexity index is 493. The molecule has 0 saturated heterocycles. The van der Waals surface area contributed by atoms with Gasteiger partial charge in [-0.05, 0) is 19.1 Å². The van der Waals surface area contributed by atoms with Crippen LogP contribution in [0.3, 0.4) is 0 Å². The highest BCUT2D eigenvalue weighted by atomic mass is 35.5. The van der Waals surface area contributed by atoms with Crippen LogP contribution in [0, 0.1) is 0 Å². The van der Waals surface area contributed by atoms with E-state index in [1.54, 1.807) is 19.1 Å². The first kappa shape index (κ1) is 13.7. The Balaban J connectivity index is 0.00000144. The fraction of sp³-hybridized carbons (Fsp3) is 0.222. The summed E-state index contributed by atoms with van der Waals surface area (Å²) in [5, 5.41) is 4.58. The van der Waals surface area contributed by atoms with Crippen LogP contribution in [0.4, 0.5) is 5.95 Å². The van der Waals surface area contributed by atoms with Crippen molar-refractivity contribution in [1.82, 2.24) is 19.7 Å². The first-order chi connectivity index (χ1) is 7.58. The van der Waals surface area contributed by atoms with E-state index in [4.69, 9.17) is 23.1 Å². The lowest BCUT2D eigenvalue weighted by molar-refractivity contribution is 0.681. The van der Waals surface area contributed by atoms with E-state index < -0.39 is 0 Å². The van der Waals surface area contributed by atoms with E-state index in [9.17, 15) is 0 Å². The van der Waals surface area contributed by atoms with Crippen LogP contribution in [0.15, 0.2) is 18.3 Å². The molecule has 0 saturated carbocycles. The molecule has 2 aromatic rings. The highest BCUT2D eigenvalue weighted by molar-refractivity contribution is 6.30. The van der Waals surface area contributed by atoms with Gasteiger partial charge in [0.25, 0.3) is 0 Å². The number of anilines is 1. The quantitative estimate of drug-likeness (QED) is 0.862. The summed E-state index contributed by atoms with van der Waals surface area (Å²) in [6, 6.07) is 3.16. The van der Waals surface area contributed by atoms with E-state index in [1.165, 1.54) is 10.9 Å². The molecule has 0 radical (unpaired) electrons. The average Bonchev–Trinajstić information content (AvgIpc) is 2.61.